The van der Waals surface area contributed by atoms with Crippen molar-refractivity contribution < 1.29 is 4.74 Å². The number of aryl methyl sites for hydroxylation is 3. The molecule has 0 N–H and O–H groups in total. The Morgan fingerprint density at radius 2 is 2.04 bits per heavy atom. The second kappa shape index (κ2) is 6.84. The van der Waals surface area contributed by atoms with Crippen LogP contribution in [-0.2, 0) is 13.7 Å². The van der Waals surface area contributed by atoms with E-state index < -0.39 is 0 Å². The number of ether oxygens (including phenoxy) is 1. The number of aromatic nitrogens is 6. The maximum Gasteiger partial charge on any atom is 0.368 e. The van der Waals surface area contributed by atoms with E-state index in [4.69, 9.17) is 4.74 Å². The minimum absolute atomic E-state index is 0.269. The van der Waals surface area contributed by atoms with Gasteiger partial charge < -0.3 is 4.74 Å². The van der Waals surface area contributed by atoms with Crippen LogP contribution >= 0.6 is 11.3 Å². The highest BCUT2D eigenvalue weighted by atomic mass is 32.1. The minimum atomic E-state index is -0.306. The van der Waals surface area contributed by atoms with Crippen molar-refractivity contribution in [2.45, 2.75) is 20.5 Å². The number of benzene rings is 1. The minimum Gasteiger partial charge on any atom is -0.472 e. The summed E-state index contributed by atoms with van der Waals surface area (Å²) >= 11 is 1.63. The first-order valence-electron chi connectivity index (χ1n) is 8.35. The largest absolute Gasteiger partial charge is 0.472 e. The van der Waals surface area contributed by atoms with Gasteiger partial charge in [0.1, 0.15) is 11.6 Å². The first-order valence-corrected chi connectivity index (χ1v) is 9.23. The van der Waals surface area contributed by atoms with Crippen LogP contribution in [0.15, 0.2) is 46.7 Å². The summed E-state index contributed by atoms with van der Waals surface area (Å²) in [6.07, 6.45) is 1.87. The molecule has 0 aliphatic rings. The summed E-state index contributed by atoms with van der Waals surface area (Å²) < 4.78 is 10.2. The summed E-state index contributed by atoms with van der Waals surface area (Å²) in [4.78, 5) is 12.2. The zero-order chi connectivity index (χ0) is 19.0. The number of hydrogen-bond acceptors (Lipinski definition) is 6. The van der Waals surface area contributed by atoms with Crippen molar-refractivity contribution in [3.05, 3.63) is 69.1 Å². The molecule has 4 rings (SSSR count). The quantitative estimate of drug-likeness (QED) is 0.530. The normalized spacial score (nSPS) is 11.1. The maximum absolute atomic E-state index is 12.2. The smallest absolute Gasteiger partial charge is 0.368 e. The van der Waals surface area contributed by atoms with Gasteiger partial charge in [-0.3, -0.25) is 0 Å². The van der Waals surface area contributed by atoms with Gasteiger partial charge in [0.25, 0.3) is 0 Å². The third kappa shape index (κ3) is 3.28. The second-order valence-electron chi connectivity index (χ2n) is 6.22. The van der Waals surface area contributed by atoms with Crippen LogP contribution in [0.4, 0.5) is 0 Å². The van der Waals surface area contributed by atoms with Gasteiger partial charge in [0, 0.05) is 24.9 Å². The van der Waals surface area contributed by atoms with Crippen LogP contribution in [0, 0.1) is 13.8 Å². The average Bonchev–Trinajstić information content (AvgIpc) is 3.36. The van der Waals surface area contributed by atoms with E-state index in [1.165, 1.54) is 14.9 Å². The highest BCUT2D eigenvalue weighted by molar-refractivity contribution is 7.12. The van der Waals surface area contributed by atoms with Crippen molar-refractivity contribution in [2.75, 3.05) is 0 Å². The molecule has 138 valence electrons. The van der Waals surface area contributed by atoms with Gasteiger partial charge in [0.15, 0.2) is 0 Å². The molecule has 3 heterocycles. The van der Waals surface area contributed by atoms with E-state index in [9.17, 15) is 4.79 Å². The number of tetrazole rings is 1. The molecule has 0 aliphatic heterocycles. The fourth-order valence-corrected chi connectivity index (χ4v) is 3.57. The molecule has 9 heteroatoms. The summed E-state index contributed by atoms with van der Waals surface area (Å²) in [7, 11) is 1.57. The molecule has 1 aromatic carbocycles. The lowest BCUT2D eigenvalue weighted by molar-refractivity contribution is 0.290. The van der Waals surface area contributed by atoms with Gasteiger partial charge >= 0.3 is 5.69 Å². The van der Waals surface area contributed by atoms with Crippen molar-refractivity contribution in [3.63, 3.8) is 0 Å². The lowest BCUT2D eigenvalue weighted by atomic mass is 10.1. The molecular weight excluding hydrogens is 364 g/mol. The number of rotatable bonds is 5. The Balaban J connectivity index is 1.60. The Morgan fingerprint density at radius 3 is 2.74 bits per heavy atom. The predicted octanol–water partition coefficient (Wildman–Crippen LogP) is 2.41. The topological polar surface area (TPSA) is 79.8 Å². The summed E-state index contributed by atoms with van der Waals surface area (Å²) in [6, 6.07) is 9.57. The van der Waals surface area contributed by atoms with E-state index in [1.54, 1.807) is 23.1 Å². The van der Waals surface area contributed by atoms with Crippen molar-refractivity contribution >= 4 is 11.3 Å². The summed E-state index contributed by atoms with van der Waals surface area (Å²) in [5.74, 6) is 0.516. The van der Waals surface area contributed by atoms with Gasteiger partial charge in [-0.2, -0.15) is 9.36 Å². The Labute approximate surface area is 159 Å². The van der Waals surface area contributed by atoms with Crippen molar-refractivity contribution in [3.8, 4) is 16.6 Å². The van der Waals surface area contributed by atoms with Crippen LogP contribution in [0.3, 0.4) is 0 Å². The number of nitrogens with zero attached hydrogens (tertiary/aromatic N) is 6. The number of thiophene rings is 1. The molecule has 0 saturated carbocycles. The van der Waals surface area contributed by atoms with Gasteiger partial charge in [-0.1, -0.05) is 12.1 Å². The summed E-state index contributed by atoms with van der Waals surface area (Å²) in [5.41, 5.74) is 3.41. The van der Waals surface area contributed by atoms with Gasteiger partial charge in [-0.25, -0.2) is 9.48 Å². The van der Waals surface area contributed by atoms with Gasteiger partial charge in [-0.15, -0.1) is 16.4 Å². The molecule has 0 saturated heterocycles. The molecule has 8 nitrogen and oxygen atoms in total. The standard InChI is InChI=1S/C18H18N6O2S/c1-12-9-17(27-11-12)23-8-7-16(19-23)26-10-14-13(2)5-4-6-15(14)24-18(25)22(3)20-21-24/h4-9,11H,10H2,1-3H3. The molecule has 0 spiro atoms. The molecule has 0 unspecified atom stereocenters. The van der Waals surface area contributed by atoms with Crippen molar-refractivity contribution in [2.24, 2.45) is 7.05 Å². The zero-order valence-electron chi connectivity index (χ0n) is 15.2. The number of hydrogen-bond donors (Lipinski definition) is 0. The predicted molar refractivity (Wildman–Crippen MR) is 102 cm³/mol. The molecule has 0 amide bonds. The molecule has 0 atom stereocenters. The molecular formula is C18H18N6O2S. The first-order chi connectivity index (χ1) is 13.0. The molecule has 27 heavy (non-hydrogen) atoms. The molecule has 4 aromatic rings. The summed E-state index contributed by atoms with van der Waals surface area (Å²) in [6.45, 7) is 4.29. The van der Waals surface area contributed by atoms with Crippen LogP contribution in [-0.4, -0.2) is 29.6 Å². The van der Waals surface area contributed by atoms with E-state index in [0.29, 0.717) is 11.6 Å². The lowest BCUT2D eigenvalue weighted by Crippen LogP contribution is -2.23. The van der Waals surface area contributed by atoms with E-state index in [2.05, 4.69) is 33.9 Å². The Hall–Kier alpha value is -3.20. The summed E-state index contributed by atoms with van der Waals surface area (Å²) in [5, 5.41) is 15.3. The molecule has 3 aromatic heterocycles. The van der Waals surface area contributed by atoms with Gasteiger partial charge in [0.2, 0.25) is 5.88 Å². The first kappa shape index (κ1) is 17.2. The zero-order valence-corrected chi connectivity index (χ0v) is 16.0. The highest BCUT2D eigenvalue weighted by Crippen LogP contribution is 2.22. The van der Waals surface area contributed by atoms with E-state index in [-0.39, 0.29) is 12.3 Å². The Bertz CT molecular complexity index is 1150. The molecule has 0 aliphatic carbocycles. The van der Waals surface area contributed by atoms with E-state index in [0.717, 1.165) is 16.1 Å². The second-order valence-corrected chi connectivity index (χ2v) is 7.11. The fourth-order valence-electron chi connectivity index (χ4n) is 2.73. The average molecular weight is 382 g/mol. The van der Waals surface area contributed by atoms with Crippen molar-refractivity contribution in [1.29, 1.82) is 0 Å². The third-order valence-corrected chi connectivity index (χ3v) is 5.24. The Kier molecular flexibility index (Phi) is 4.36. The lowest BCUT2D eigenvalue weighted by Gasteiger charge is -2.11. The van der Waals surface area contributed by atoms with Crippen LogP contribution in [0.1, 0.15) is 16.7 Å². The molecule has 0 radical (unpaired) electrons. The van der Waals surface area contributed by atoms with E-state index >= 15 is 0 Å². The Morgan fingerprint density at radius 1 is 1.19 bits per heavy atom. The van der Waals surface area contributed by atoms with E-state index in [1.807, 2.05) is 37.4 Å². The monoisotopic (exact) mass is 382 g/mol. The molecule has 0 fully saturated rings. The van der Waals surface area contributed by atoms with Crippen LogP contribution in [0.25, 0.3) is 10.7 Å². The highest BCUT2D eigenvalue weighted by Gasteiger charge is 2.14. The molecule has 0 bridgehead atoms. The fraction of sp³-hybridized carbons (Fsp3) is 0.222. The maximum atomic E-state index is 12.2. The van der Waals surface area contributed by atoms with Gasteiger partial charge in [-0.05, 0) is 52.9 Å². The van der Waals surface area contributed by atoms with Crippen molar-refractivity contribution in [1.82, 2.24) is 29.6 Å². The van der Waals surface area contributed by atoms with Crippen LogP contribution in [0.5, 0.6) is 5.88 Å². The third-order valence-electron chi connectivity index (χ3n) is 4.21. The van der Waals surface area contributed by atoms with Gasteiger partial charge in [0.05, 0.1) is 5.69 Å². The van der Waals surface area contributed by atoms with Crippen LogP contribution < -0.4 is 10.4 Å². The van der Waals surface area contributed by atoms with Crippen LogP contribution in [0.2, 0.25) is 0 Å². The SMILES string of the molecule is Cc1csc(-n2ccc(OCc3c(C)cccc3-n3nnn(C)c3=O)n2)c1.